The Kier molecular flexibility index (Phi) is 6.64. The standard InChI is InChI=1S/C15H15BrClFN2O2/c1-4-10(15(21)22-3)14(13(18)8(2)19)20-12-6-5-9(16)7-11(12)17/h4-7,20H,1,19H2,2-3H3/b13-8-,14-10-. The number of esters is 1. The summed E-state index contributed by atoms with van der Waals surface area (Å²) in [6.07, 6.45) is 1.18. The van der Waals surface area contributed by atoms with Gasteiger partial charge in [-0.25, -0.2) is 9.18 Å². The highest BCUT2D eigenvalue weighted by atomic mass is 79.9. The molecule has 0 aliphatic carbocycles. The first-order valence-electron chi connectivity index (χ1n) is 6.11. The second kappa shape index (κ2) is 8.00. The van der Waals surface area contributed by atoms with Crippen LogP contribution < -0.4 is 11.1 Å². The van der Waals surface area contributed by atoms with E-state index in [2.05, 4.69) is 32.6 Å². The number of hydrogen-bond acceptors (Lipinski definition) is 4. The number of ether oxygens (including phenoxy) is 1. The Bertz CT molecular complexity index is 668. The number of methoxy groups -OCH3 is 1. The van der Waals surface area contributed by atoms with Gasteiger partial charge in [-0.15, -0.1) is 0 Å². The van der Waals surface area contributed by atoms with Gasteiger partial charge < -0.3 is 15.8 Å². The Morgan fingerprint density at radius 3 is 2.64 bits per heavy atom. The molecule has 22 heavy (non-hydrogen) atoms. The van der Waals surface area contributed by atoms with Gasteiger partial charge in [-0.2, -0.15) is 0 Å². The van der Waals surface area contributed by atoms with Crippen molar-refractivity contribution in [3.8, 4) is 0 Å². The molecule has 3 N–H and O–H groups in total. The molecular formula is C15H15BrClFN2O2. The average molecular weight is 390 g/mol. The van der Waals surface area contributed by atoms with Crippen LogP contribution in [0.3, 0.4) is 0 Å². The van der Waals surface area contributed by atoms with Gasteiger partial charge in [0.2, 0.25) is 0 Å². The first kappa shape index (κ1) is 18.3. The van der Waals surface area contributed by atoms with Crippen molar-refractivity contribution in [3.05, 3.63) is 63.1 Å². The van der Waals surface area contributed by atoms with Crippen LogP contribution in [0.1, 0.15) is 6.92 Å². The molecule has 0 fully saturated rings. The summed E-state index contributed by atoms with van der Waals surface area (Å²) in [6.45, 7) is 4.87. The minimum Gasteiger partial charge on any atom is -0.465 e. The number of allylic oxidation sites excluding steroid dienone is 2. The summed E-state index contributed by atoms with van der Waals surface area (Å²) in [5.74, 6) is -1.54. The quantitative estimate of drug-likeness (QED) is 0.448. The number of rotatable bonds is 5. The van der Waals surface area contributed by atoms with E-state index in [0.29, 0.717) is 10.7 Å². The zero-order valence-electron chi connectivity index (χ0n) is 12.0. The van der Waals surface area contributed by atoms with E-state index in [1.807, 2.05) is 0 Å². The van der Waals surface area contributed by atoms with Crippen LogP contribution in [0.25, 0.3) is 0 Å². The minimum absolute atomic E-state index is 0.0937. The summed E-state index contributed by atoms with van der Waals surface area (Å²) in [7, 11) is 1.19. The summed E-state index contributed by atoms with van der Waals surface area (Å²) >= 11 is 9.37. The van der Waals surface area contributed by atoms with Gasteiger partial charge in [0.15, 0.2) is 5.83 Å². The number of halogens is 3. The van der Waals surface area contributed by atoms with Gasteiger partial charge >= 0.3 is 5.97 Å². The van der Waals surface area contributed by atoms with Crippen molar-refractivity contribution in [2.45, 2.75) is 6.92 Å². The molecule has 0 bridgehead atoms. The predicted octanol–water partition coefficient (Wildman–Crippen LogP) is 4.29. The minimum atomic E-state index is -0.792. The van der Waals surface area contributed by atoms with Crippen LogP contribution in [-0.4, -0.2) is 13.1 Å². The van der Waals surface area contributed by atoms with E-state index < -0.39 is 11.8 Å². The zero-order valence-corrected chi connectivity index (χ0v) is 14.4. The topological polar surface area (TPSA) is 64.3 Å². The van der Waals surface area contributed by atoms with Gasteiger partial charge in [-0.3, -0.25) is 0 Å². The molecule has 0 amide bonds. The molecule has 0 atom stereocenters. The maximum absolute atomic E-state index is 14.3. The lowest BCUT2D eigenvalue weighted by Gasteiger charge is -2.15. The van der Waals surface area contributed by atoms with Crippen LogP contribution in [-0.2, 0) is 9.53 Å². The van der Waals surface area contributed by atoms with Gasteiger partial charge in [0.25, 0.3) is 0 Å². The number of nitrogens with two attached hydrogens (primary N) is 1. The fraction of sp³-hybridized carbons (Fsp3) is 0.133. The third kappa shape index (κ3) is 4.35. The maximum atomic E-state index is 14.3. The molecule has 7 heteroatoms. The highest BCUT2D eigenvalue weighted by Gasteiger charge is 2.19. The molecule has 0 aromatic heterocycles. The summed E-state index contributed by atoms with van der Waals surface area (Å²) in [6, 6.07) is 4.97. The van der Waals surface area contributed by atoms with E-state index in [0.717, 1.165) is 4.47 Å². The van der Waals surface area contributed by atoms with Crippen molar-refractivity contribution in [2.24, 2.45) is 5.73 Å². The number of carbonyl (C=O) groups is 1. The first-order chi connectivity index (χ1) is 10.3. The molecule has 1 aromatic carbocycles. The Balaban J connectivity index is 3.46. The van der Waals surface area contributed by atoms with E-state index in [-0.39, 0.29) is 17.0 Å². The lowest BCUT2D eigenvalue weighted by atomic mass is 10.1. The Morgan fingerprint density at radius 1 is 1.55 bits per heavy atom. The molecule has 118 valence electrons. The van der Waals surface area contributed by atoms with Gasteiger partial charge in [-0.1, -0.05) is 40.2 Å². The second-order valence-corrected chi connectivity index (χ2v) is 5.55. The molecule has 0 spiro atoms. The summed E-state index contributed by atoms with van der Waals surface area (Å²) in [5.41, 5.74) is 5.54. The predicted molar refractivity (Wildman–Crippen MR) is 90.0 cm³/mol. The second-order valence-electron chi connectivity index (χ2n) is 4.23. The number of nitrogens with one attached hydrogen (secondary N) is 1. The van der Waals surface area contributed by atoms with Crippen LogP contribution in [0.5, 0.6) is 0 Å². The van der Waals surface area contributed by atoms with Crippen LogP contribution in [0.4, 0.5) is 10.1 Å². The van der Waals surface area contributed by atoms with Crippen LogP contribution in [0, 0.1) is 0 Å². The molecule has 0 unspecified atom stereocenters. The lowest BCUT2D eigenvalue weighted by Crippen LogP contribution is -2.14. The molecule has 0 heterocycles. The Labute approximate surface area is 141 Å². The smallest absolute Gasteiger partial charge is 0.340 e. The largest absolute Gasteiger partial charge is 0.465 e. The highest BCUT2D eigenvalue weighted by molar-refractivity contribution is 9.10. The molecule has 0 aliphatic heterocycles. The summed E-state index contributed by atoms with van der Waals surface area (Å²) in [4.78, 5) is 11.8. The van der Waals surface area contributed by atoms with E-state index in [1.54, 1.807) is 18.2 Å². The van der Waals surface area contributed by atoms with Crippen LogP contribution in [0.15, 0.2) is 58.1 Å². The summed E-state index contributed by atoms with van der Waals surface area (Å²) < 4.78 is 19.7. The molecule has 4 nitrogen and oxygen atoms in total. The number of anilines is 1. The third-order valence-corrected chi connectivity index (χ3v) is 3.44. The number of hydrogen-bond donors (Lipinski definition) is 2. The van der Waals surface area contributed by atoms with Gasteiger partial charge in [0.05, 0.1) is 29.1 Å². The maximum Gasteiger partial charge on any atom is 0.340 e. The molecule has 0 aliphatic rings. The van der Waals surface area contributed by atoms with Gasteiger partial charge in [0, 0.05) is 10.2 Å². The van der Waals surface area contributed by atoms with Gasteiger partial charge in [-0.05, 0) is 25.1 Å². The average Bonchev–Trinajstić information content (AvgIpc) is 2.47. The number of benzene rings is 1. The Hall–Kier alpha value is -1.79. The lowest BCUT2D eigenvalue weighted by molar-refractivity contribution is -0.135. The third-order valence-electron chi connectivity index (χ3n) is 2.64. The van der Waals surface area contributed by atoms with Crippen LogP contribution >= 0.6 is 27.5 Å². The van der Waals surface area contributed by atoms with Crippen molar-refractivity contribution in [1.82, 2.24) is 0 Å². The van der Waals surface area contributed by atoms with Crippen molar-refractivity contribution >= 4 is 39.2 Å². The van der Waals surface area contributed by atoms with E-state index in [9.17, 15) is 9.18 Å². The normalized spacial score (nSPS) is 13.0. The van der Waals surface area contributed by atoms with Crippen molar-refractivity contribution in [1.29, 1.82) is 0 Å². The van der Waals surface area contributed by atoms with Gasteiger partial charge in [0.1, 0.15) is 0 Å². The van der Waals surface area contributed by atoms with E-state index in [4.69, 9.17) is 17.3 Å². The van der Waals surface area contributed by atoms with Crippen molar-refractivity contribution in [2.75, 3.05) is 12.4 Å². The molecule has 0 radical (unpaired) electrons. The monoisotopic (exact) mass is 388 g/mol. The zero-order chi connectivity index (χ0) is 16.9. The Morgan fingerprint density at radius 2 is 2.18 bits per heavy atom. The molecule has 0 saturated heterocycles. The fourth-order valence-corrected chi connectivity index (χ4v) is 2.28. The van der Waals surface area contributed by atoms with Crippen LogP contribution in [0.2, 0.25) is 5.02 Å². The molecule has 0 saturated carbocycles. The molecule has 1 rings (SSSR count). The molecule has 1 aromatic rings. The number of carbonyl (C=O) groups excluding carboxylic acids is 1. The van der Waals surface area contributed by atoms with E-state index in [1.165, 1.54) is 20.1 Å². The van der Waals surface area contributed by atoms with Crippen molar-refractivity contribution in [3.63, 3.8) is 0 Å². The summed E-state index contributed by atoms with van der Waals surface area (Å²) in [5, 5.41) is 3.10. The fourth-order valence-electron chi connectivity index (χ4n) is 1.56. The first-order valence-corrected chi connectivity index (χ1v) is 7.28. The van der Waals surface area contributed by atoms with E-state index >= 15 is 0 Å². The molecular weight excluding hydrogens is 375 g/mol. The van der Waals surface area contributed by atoms with Crippen molar-refractivity contribution < 1.29 is 13.9 Å². The highest BCUT2D eigenvalue weighted by Crippen LogP contribution is 2.30. The SMILES string of the molecule is C=C/C(C(=O)OC)=C(Nc1ccc(Br)cc1Cl)\C(F)=C(/C)N.